The molecule has 2 aromatic rings. The largest absolute Gasteiger partial charge is 0.322 e. The molecule has 124 valence electrons. The number of hydrogen-bond acceptors (Lipinski definition) is 4. The Hall–Kier alpha value is -2.47. The summed E-state index contributed by atoms with van der Waals surface area (Å²) in [5, 5.41) is 2.86. The first-order valence-electron chi connectivity index (χ1n) is 8.43. The van der Waals surface area contributed by atoms with Crippen molar-refractivity contribution in [2.45, 2.75) is 32.5 Å². The minimum Gasteiger partial charge on any atom is -0.314 e. The molecular formula is C18H21N5O. The molecule has 2 aliphatic rings. The van der Waals surface area contributed by atoms with Gasteiger partial charge < -0.3 is 10.2 Å². The number of fused-ring (bicyclic) bond motifs is 1. The van der Waals surface area contributed by atoms with Crippen molar-refractivity contribution in [3.8, 4) is 0 Å². The van der Waals surface area contributed by atoms with Gasteiger partial charge in [0.25, 0.3) is 0 Å². The quantitative estimate of drug-likeness (QED) is 0.939. The summed E-state index contributed by atoms with van der Waals surface area (Å²) < 4.78 is 0. The van der Waals surface area contributed by atoms with Crippen molar-refractivity contribution in [2.75, 3.05) is 18.4 Å². The van der Waals surface area contributed by atoms with Crippen molar-refractivity contribution in [1.29, 1.82) is 0 Å². The van der Waals surface area contributed by atoms with Crippen LogP contribution in [0.15, 0.2) is 36.8 Å². The highest BCUT2D eigenvalue weighted by Crippen LogP contribution is 2.22. The summed E-state index contributed by atoms with van der Waals surface area (Å²) in [5.41, 5.74) is 4.04. The molecule has 1 fully saturated rings. The van der Waals surface area contributed by atoms with Gasteiger partial charge in [-0.3, -0.25) is 4.90 Å². The van der Waals surface area contributed by atoms with Crippen molar-refractivity contribution in [3.05, 3.63) is 53.6 Å². The highest BCUT2D eigenvalue weighted by molar-refractivity contribution is 5.91. The van der Waals surface area contributed by atoms with Gasteiger partial charge in [-0.15, -0.1) is 0 Å². The Labute approximate surface area is 141 Å². The van der Waals surface area contributed by atoms with Gasteiger partial charge in [-0.1, -0.05) is 24.3 Å². The SMILES string of the molecule is O=C1Nc2cncnc2CN1Cc1cccc(CN2CCCC2)c1. The number of carbonyl (C=O) groups excluding carboxylic acids is 1. The van der Waals surface area contributed by atoms with E-state index in [1.807, 2.05) is 0 Å². The maximum atomic E-state index is 12.3. The van der Waals surface area contributed by atoms with Crippen LogP contribution in [0.25, 0.3) is 0 Å². The van der Waals surface area contributed by atoms with E-state index in [2.05, 4.69) is 44.5 Å². The molecule has 0 aliphatic carbocycles. The molecule has 1 aromatic heterocycles. The van der Waals surface area contributed by atoms with Crippen LogP contribution in [0.4, 0.5) is 10.5 Å². The van der Waals surface area contributed by atoms with Gasteiger partial charge in [0.2, 0.25) is 0 Å². The van der Waals surface area contributed by atoms with E-state index in [-0.39, 0.29) is 6.03 Å². The smallest absolute Gasteiger partial charge is 0.314 e. The third-order valence-corrected chi connectivity index (χ3v) is 4.63. The number of urea groups is 1. The first-order chi connectivity index (χ1) is 11.8. The molecular weight excluding hydrogens is 302 g/mol. The van der Waals surface area contributed by atoms with Gasteiger partial charge in [0.1, 0.15) is 6.33 Å². The molecule has 4 rings (SSSR count). The van der Waals surface area contributed by atoms with Gasteiger partial charge in [-0.25, -0.2) is 14.8 Å². The molecule has 0 bridgehead atoms. The zero-order valence-corrected chi connectivity index (χ0v) is 13.6. The van der Waals surface area contributed by atoms with Crippen LogP contribution < -0.4 is 5.32 Å². The number of likely N-dealkylation sites (tertiary alicyclic amines) is 1. The highest BCUT2D eigenvalue weighted by Gasteiger charge is 2.23. The van der Waals surface area contributed by atoms with Gasteiger partial charge in [0.15, 0.2) is 0 Å². The molecule has 1 saturated heterocycles. The molecule has 0 radical (unpaired) electrons. The lowest BCUT2D eigenvalue weighted by Crippen LogP contribution is -2.38. The number of nitrogens with zero attached hydrogens (tertiary/aromatic N) is 4. The lowest BCUT2D eigenvalue weighted by atomic mass is 10.1. The van der Waals surface area contributed by atoms with E-state index in [9.17, 15) is 4.79 Å². The van der Waals surface area contributed by atoms with E-state index in [0.717, 1.165) is 17.8 Å². The molecule has 1 aromatic carbocycles. The van der Waals surface area contributed by atoms with E-state index < -0.39 is 0 Å². The highest BCUT2D eigenvalue weighted by atomic mass is 16.2. The maximum absolute atomic E-state index is 12.3. The van der Waals surface area contributed by atoms with Gasteiger partial charge >= 0.3 is 6.03 Å². The van der Waals surface area contributed by atoms with Crippen LogP contribution in [-0.4, -0.2) is 38.9 Å². The third-order valence-electron chi connectivity index (χ3n) is 4.63. The molecule has 6 nitrogen and oxygen atoms in total. The minimum atomic E-state index is -0.0951. The fourth-order valence-electron chi connectivity index (χ4n) is 3.41. The Morgan fingerprint density at radius 1 is 1.12 bits per heavy atom. The van der Waals surface area contributed by atoms with E-state index in [1.54, 1.807) is 11.1 Å². The Morgan fingerprint density at radius 3 is 2.75 bits per heavy atom. The maximum Gasteiger partial charge on any atom is 0.322 e. The summed E-state index contributed by atoms with van der Waals surface area (Å²) in [5.74, 6) is 0. The third kappa shape index (κ3) is 3.23. The van der Waals surface area contributed by atoms with E-state index >= 15 is 0 Å². The second kappa shape index (κ2) is 6.57. The summed E-state index contributed by atoms with van der Waals surface area (Å²) in [7, 11) is 0. The molecule has 24 heavy (non-hydrogen) atoms. The van der Waals surface area contributed by atoms with Crippen LogP contribution in [-0.2, 0) is 19.6 Å². The molecule has 3 heterocycles. The standard InChI is InChI=1S/C18H21N5O/c24-18-21-16-9-19-13-20-17(16)12-23(18)11-15-5-3-4-14(8-15)10-22-6-1-2-7-22/h3-5,8-9,13H,1-2,6-7,10-12H2,(H,21,24). The first-order valence-corrected chi connectivity index (χ1v) is 8.43. The van der Waals surface area contributed by atoms with Crippen molar-refractivity contribution >= 4 is 11.7 Å². The molecule has 0 unspecified atom stereocenters. The number of carbonyl (C=O) groups is 1. The molecule has 0 saturated carbocycles. The first kappa shape index (κ1) is 15.1. The van der Waals surface area contributed by atoms with Crippen LogP contribution in [0, 0.1) is 0 Å². The summed E-state index contributed by atoms with van der Waals surface area (Å²) in [6.45, 7) is 4.48. The lowest BCUT2D eigenvalue weighted by Gasteiger charge is -2.28. The molecule has 0 spiro atoms. The zero-order chi connectivity index (χ0) is 16.4. The predicted octanol–water partition coefficient (Wildman–Crippen LogP) is 2.62. The Balaban J connectivity index is 1.46. The Kier molecular flexibility index (Phi) is 4.13. The van der Waals surface area contributed by atoms with Gasteiger partial charge in [-0.05, 0) is 37.1 Å². The van der Waals surface area contributed by atoms with Gasteiger partial charge in [0, 0.05) is 13.1 Å². The Bertz CT molecular complexity index is 742. The van der Waals surface area contributed by atoms with Crippen molar-refractivity contribution in [2.24, 2.45) is 0 Å². The number of rotatable bonds is 4. The van der Waals surface area contributed by atoms with Crippen LogP contribution in [0.1, 0.15) is 29.7 Å². The van der Waals surface area contributed by atoms with Crippen LogP contribution >= 0.6 is 0 Å². The van der Waals surface area contributed by atoms with E-state index in [4.69, 9.17) is 0 Å². The summed E-state index contributed by atoms with van der Waals surface area (Å²) in [4.78, 5) is 24.8. The molecule has 1 N–H and O–H groups in total. The monoisotopic (exact) mass is 323 g/mol. The summed E-state index contributed by atoms with van der Waals surface area (Å²) in [6, 6.07) is 8.44. The van der Waals surface area contributed by atoms with E-state index in [1.165, 1.54) is 37.8 Å². The number of nitrogens with one attached hydrogen (secondary N) is 1. The molecule has 2 amide bonds. The van der Waals surface area contributed by atoms with Crippen LogP contribution in [0.5, 0.6) is 0 Å². The predicted molar refractivity (Wildman–Crippen MR) is 91.3 cm³/mol. The number of hydrogen-bond donors (Lipinski definition) is 1. The average Bonchev–Trinajstić information content (AvgIpc) is 3.09. The number of anilines is 1. The van der Waals surface area contributed by atoms with Crippen molar-refractivity contribution in [1.82, 2.24) is 19.8 Å². The minimum absolute atomic E-state index is 0.0951. The van der Waals surface area contributed by atoms with Gasteiger partial charge in [0.05, 0.1) is 24.1 Å². The Morgan fingerprint density at radius 2 is 1.92 bits per heavy atom. The second-order valence-electron chi connectivity index (χ2n) is 6.47. The molecule has 6 heteroatoms. The molecule has 0 atom stereocenters. The van der Waals surface area contributed by atoms with Crippen molar-refractivity contribution < 1.29 is 4.79 Å². The fraction of sp³-hybridized carbons (Fsp3) is 0.389. The molecule has 2 aliphatic heterocycles. The average molecular weight is 323 g/mol. The normalized spacial score (nSPS) is 17.7. The summed E-state index contributed by atoms with van der Waals surface area (Å²) in [6.07, 6.45) is 5.77. The van der Waals surface area contributed by atoms with Gasteiger partial charge in [-0.2, -0.15) is 0 Å². The van der Waals surface area contributed by atoms with Crippen LogP contribution in [0.2, 0.25) is 0 Å². The zero-order valence-electron chi connectivity index (χ0n) is 13.6. The topological polar surface area (TPSA) is 61.4 Å². The number of amides is 2. The van der Waals surface area contributed by atoms with Crippen LogP contribution in [0.3, 0.4) is 0 Å². The second-order valence-corrected chi connectivity index (χ2v) is 6.47. The van der Waals surface area contributed by atoms with E-state index in [0.29, 0.717) is 18.8 Å². The lowest BCUT2D eigenvalue weighted by molar-refractivity contribution is 0.203. The summed E-state index contributed by atoms with van der Waals surface area (Å²) >= 11 is 0. The number of aromatic nitrogens is 2. The number of benzene rings is 1. The van der Waals surface area contributed by atoms with Crippen molar-refractivity contribution in [3.63, 3.8) is 0 Å². The fourth-order valence-corrected chi connectivity index (χ4v) is 3.41.